The first-order chi connectivity index (χ1) is 15.7. The lowest BCUT2D eigenvalue weighted by Gasteiger charge is -2.26. The van der Waals surface area contributed by atoms with Crippen molar-refractivity contribution in [3.05, 3.63) is 42.5 Å². The van der Waals surface area contributed by atoms with Gasteiger partial charge in [0, 0.05) is 11.4 Å². The van der Waals surface area contributed by atoms with E-state index in [0.717, 1.165) is 29.3 Å². The summed E-state index contributed by atoms with van der Waals surface area (Å²) in [5, 5.41) is 12.3. The average Bonchev–Trinajstić information content (AvgIpc) is 3.38. The zero-order chi connectivity index (χ0) is 21.9. The highest BCUT2D eigenvalue weighted by Crippen LogP contribution is 2.30. The van der Waals surface area contributed by atoms with E-state index in [4.69, 9.17) is 26.4 Å². The molecule has 1 aliphatic carbocycles. The molecule has 1 saturated carbocycles. The summed E-state index contributed by atoms with van der Waals surface area (Å²) in [6.45, 7) is 0.770. The van der Waals surface area contributed by atoms with Crippen molar-refractivity contribution >= 4 is 39.9 Å². The predicted molar refractivity (Wildman–Crippen MR) is 127 cm³/mol. The maximum Gasteiger partial charge on any atom is 0.412 e. The standard InChI is InChI=1S/C24H29N3O4S/c28-24(27-18-12-6-8-15-7-4-5-11-17(15)18)31-20-14-30-21-19(13-29-22(20)21)26-23(32)25-16-9-2-1-3-10-16/h4-8,11-12,16,19-22H,1-3,9-10,13-14H2,(H,27,28)(H2,25,26,32)/t19-,20-,21-,22+/m0/s1. The highest BCUT2D eigenvalue weighted by Gasteiger charge is 2.49. The summed E-state index contributed by atoms with van der Waals surface area (Å²) < 4.78 is 17.5. The predicted octanol–water partition coefficient (Wildman–Crippen LogP) is 3.72. The number of rotatable bonds is 4. The van der Waals surface area contributed by atoms with Crippen LogP contribution in [-0.4, -0.2) is 54.8 Å². The van der Waals surface area contributed by atoms with Crippen LogP contribution in [0.5, 0.6) is 0 Å². The number of hydrogen-bond donors (Lipinski definition) is 3. The van der Waals surface area contributed by atoms with Gasteiger partial charge in [0.2, 0.25) is 0 Å². The normalized spacial score (nSPS) is 27.6. The van der Waals surface area contributed by atoms with Gasteiger partial charge in [0.1, 0.15) is 12.2 Å². The Hall–Kier alpha value is -2.42. The van der Waals surface area contributed by atoms with E-state index in [0.29, 0.717) is 24.4 Å². The fourth-order valence-corrected chi connectivity index (χ4v) is 5.26. The number of fused-ring (bicyclic) bond motifs is 2. The Bertz CT molecular complexity index is 975. The molecule has 7 nitrogen and oxygen atoms in total. The molecular formula is C24H29N3O4S. The highest BCUT2D eigenvalue weighted by atomic mass is 32.1. The van der Waals surface area contributed by atoms with Crippen LogP contribution in [0.4, 0.5) is 10.5 Å². The van der Waals surface area contributed by atoms with E-state index < -0.39 is 12.2 Å². The minimum Gasteiger partial charge on any atom is -0.441 e. The topological polar surface area (TPSA) is 80.9 Å². The van der Waals surface area contributed by atoms with Crippen molar-refractivity contribution in [2.45, 2.75) is 62.5 Å². The van der Waals surface area contributed by atoms with Gasteiger partial charge in [-0.25, -0.2) is 4.79 Å². The van der Waals surface area contributed by atoms with Gasteiger partial charge in [-0.2, -0.15) is 0 Å². The number of thiocarbonyl (C=S) groups is 1. The molecule has 0 unspecified atom stereocenters. The maximum atomic E-state index is 12.6. The quantitative estimate of drug-likeness (QED) is 0.606. The van der Waals surface area contributed by atoms with Crippen LogP contribution in [0.2, 0.25) is 0 Å². The zero-order valence-electron chi connectivity index (χ0n) is 17.9. The van der Waals surface area contributed by atoms with Gasteiger partial charge in [-0.15, -0.1) is 0 Å². The summed E-state index contributed by atoms with van der Waals surface area (Å²) >= 11 is 5.51. The number of benzene rings is 2. The summed E-state index contributed by atoms with van der Waals surface area (Å²) in [7, 11) is 0. The molecule has 2 saturated heterocycles. The molecule has 2 aromatic rings. The molecule has 2 aliphatic heterocycles. The molecule has 3 N–H and O–H groups in total. The largest absolute Gasteiger partial charge is 0.441 e. The number of amides is 1. The van der Waals surface area contributed by atoms with E-state index in [1.54, 1.807) is 0 Å². The van der Waals surface area contributed by atoms with Crippen LogP contribution in [0.1, 0.15) is 32.1 Å². The molecule has 0 aromatic heterocycles. The smallest absolute Gasteiger partial charge is 0.412 e. The van der Waals surface area contributed by atoms with Crippen molar-refractivity contribution in [2.24, 2.45) is 0 Å². The van der Waals surface area contributed by atoms with Crippen LogP contribution in [0.15, 0.2) is 42.5 Å². The molecule has 0 bridgehead atoms. The molecule has 3 fully saturated rings. The number of anilines is 1. The van der Waals surface area contributed by atoms with Crippen molar-refractivity contribution in [2.75, 3.05) is 18.5 Å². The lowest BCUT2D eigenvalue weighted by atomic mass is 9.96. The Morgan fingerprint density at radius 1 is 0.938 bits per heavy atom. The number of ether oxygens (including phenoxy) is 3. The number of carbonyl (C=O) groups is 1. The lowest BCUT2D eigenvalue weighted by Crippen LogP contribution is -2.50. The minimum absolute atomic E-state index is 0.0571. The van der Waals surface area contributed by atoms with E-state index in [2.05, 4.69) is 16.0 Å². The Kier molecular flexibility index (Phi) is 6.43. The van der Waals surface area contributed by atoms with Gasteiger partial charge in [0.25, 0.3) is 0 Å². The first-order valence-electron chi connectivity index (χ1n) is 11.4. The van der Waals surface area contributed by atoms with Crippen LogP contribution in [0.3, 0.4) is 0 Å². The molecule has 170 valence electrons. The Labute approximate surface area is 193 Å². The third-order valence-electron chi connectivity index (χ3n) is 6.55. The van der Waals surface area contributed by atoms with Gasteiger partial charge in [0.05, 0.1) is 24.9 Å². The number of hydrogen-bond acceptors (Lipinski definition) is 5. The monoisotopic (exact) mass is 455 g/mol. The molecule has 0 radical (unpaired) electrons. The van der Waals surface area contributed by atoms with Gasteiger partial charge in [0.15, 0.2) is 11.2 Å². The Morgan fingerprint density at radius 2 is 1.72 bits per heavy atom. The van der Waals surface area contributed by atoms with Crippen LogP contribution in [0, 0.1) is 0 Å². The van der Waals surface area contributed by atoms with Gasteiger partial charge in [-0.3, -0.25) is 5.32 Å². The van der Waals surface area contributed by atoms with Crippen LogP contribution in [-0.2, 0) is 14.2 Å². The maximum absolute atomic E-state index is 12.6. The zero-order valence-corrected chi connectivity index (χ0v) is 18.7. The second-order valence-electron chi connectivity index (χ2n) is 8.75. The fraction of sp³-hybridized carbons (Fsp3) is 0.500. The average molecular weight is 456 g/mol. The summed E-state index contributed by atoms with van der Waals surface area (Å²) in [5.41, 5.74) is 0.717. The third kappa shape index (κ3) is 4.67. The third-order valence-corrected chi connectivity index (χ3v) is 6.79. The van der Waals surface area contributed by atoms with E-state index in [-0.39, 0.29) is 18.2 Å². The van der Waals surface area contributed by atoms with Gasteiger partial charge < -0.3 is 24.8 Å². The number of nitrogens with one attached hydrogen (secondary N) is 3. The van der Waals surface area contributed by atoms with Gasteiger partial charge in [-0.05, 0) is 36.5 Å². The molecule has 4 atom stereocenters. The highest BCUT2D eigenvalue weighted by molar-refractivity contribution is 7.80. The van der Waals surface area contributed by atoms with Crippen molar-refractivity contribution in [3.8, 4) is 0 Å². The Morgan fingerprint density at radius 3 is 2.59 bits per heavy atom. The van der Waals surface area contributed by atoms with Gasteiger partial charge in [-0.1, -0.05) is 55.7 Å². The van der Waals surface area contributed by atoms with Crippen molar-refractivity contribution in [3.63, 3.8) is 0 Å². The first kappa shape index (κ1) is 21.4. The second kappa shape index (κ2) is 9.60. The van der Waals surface area contributed by atoms with E-state index in [1.165, 1.54) is 19.3 Å². The first-order valence-corrected chi connectivity index (χ1v) is 11.8. The van der Waals surface area contributed by atoms with Crippen molar-refractivity contribution in [1.29, 1.82) is 0 Å². The van der Waals surface area contributed by atoms with E-state index >= 15 is 0 Å². The lowest BCUT2D eigenvalue weighted by molar-refractivity contribution is 0.00880. The molecule has 32 heavy (non-hydrogen) atoms. The summed E-state index contributed by atoms with van der Waals surface area (Å²) in [6, 6.07) is 14.1. The van der Waals surface area contributed by atoms with Gasteiger partial charge >= 0.3 is 6.09 Å². The minimum atomic E-state index is -0.509. The molecular weight excluding hydrogens is 426 g/mol. The molecule has 1 amide bonds. The molecule has 0 spiro atoms. The Balaban J connectivity index is 1.14. The van der Waals surface area contributed by atoms with Crippen LogP contribution >= 0.6 is 12.2 Å². The molecule has 8 heteroatoms. The SMILES string of the molecule is O=C(Nc1cccc2ccccc12)O[C@H]1CO[C@@H]2[C@@H]1OC[C@@H]2NC(=S)NC1CCCCC1. The molecule has 2 aromatic carbocycles. The molecule has 5 rings (SSSR count). The van der Waals surface area contributed by atoms with Crippen LogP contribution < -0.4 is 16.0 Å². The fourth-order valence-electron chi connectivity index (χ4n) is 4.94. The van der Waals surface area contributed by atoms with Crippen molar-refractivity contribution in [1.82, 2.24) is 10.6 Å². The summed E-state index contributed by atoms with van der Waals surface area (Å²) in [5.74, 6) is 0. The molecule has 3 aliphatic rings. The second-order valence-corrected chi connectivity index (χ2v) is 9.16. The van der Waals surface area contributed by atoms with E-state index in [9.17, 15) is 4.79 Å². The van der Waals surface area contributed by atoms with Crippen LogP contribution in [0.25, 0.3) is 10.8 Å². The summed E-state index contributed by atoms with van der Waals surface area (Å²) in [6.07, 6.45) is 4.66. The number of carbonyl (C=O) groups excluding carboxylic acids is 1. The molecule has 2 heterocycles. The van der Waals surface area contributed by atoms with E-state index in [1.807, 2.05) is 42.5 Å². The summed E-state index contributed by atoms with van der Waals surface area (Å²) in [4.78, 5) is 12.6. The van der Waals surface area contributed by atoms with Crippen molar-refractivity contribution < 1.29 is 19.0 Å².